The first kappa shape index (κ1) is 11.0. The molecule has 6 heteroatoms. The quantitative estimate of drug-likeness (QED) is 0.556. The summed E-state index contributed by atoms with van der Waals surface area (Å²) in [6.07, 6.45) is 1.46. The van der Waals surface area contributed by atoms with Gasteiger partial charge in [0.25, 0.3) is 0 Å². The van der Waals surface area contributed by atoms with Crippen LogP contribution in [0.1, 0.15) is 5.56 Å². The SMILES string of the molecule is O=c1[nH]c2ncnc(SCc3ccccc3)c2[nH]1. The number of hydrogen-bond acceptors (Lipinski definition) is 4. The minimum Gasteiger partial charge on any atom is -0.302 e. The minimum absolute atomic E-state index is 0.257. The van der Waals surface area contributed by atoms with Gasteiger partial charge in [0.1, 0.15) is 16.9 Å². The molecule has 0 aliphatic rings. The molecule has 3 rings (SSSR count). The van der Waals surface area contributed by atoms with Crippen molar-refractivity contribution in [1.29, 1.82) is 0 Å². The molecule has 1 aromatic carbocycles. The number of imidazole rings is 1. The second-order valence-electron chi connectivity index (χ2n) is 3.76. The van der Waals surface area contributed by atoms with Gasteiger partial charge in [-0.05, 0) is 5.56 Å². The lowest BCUT2D eigenvalue weighted by Gasteiger charge is -2.01. The topological polar surface area (TPSA) is 74.4 Å². The fourth-order valence-corrected chi connectivity index (χ4v) is 2.57. The average Bonchev–Trinajstić information content (AvgIpc) is 2.78. The van der Waals surface area contributed by atoms with E-state index in [1.807, 2.05) is 18.2 Å². The van der Waals surface area contributed by atoms with Crippen molar-refractivity contribution in [3.05, 3.63) is 52.7 Å². The summed E-state index contributed by atoms with van der Waals surface area (Å²) in [4.78, 5) is 24.8. The lowest BCUT2D eigenvalue weighted by atomic mass is 10.2. The van der Waals surface area contributed by atoms with Gasteiger partial charge < -0.3 is 4.98 Å². The lowest BCUT2D eigenvalue weighted by molar-refractivity contribution is 1.08. The van der Waals surface area contributed by atoms with Crippen LogP contribution in [0.15, 0.2) is 46.5 Å². The van der Waals surface area contributed by atoms with E-state index < -0.39 is 0 Å². The average molecular weight is 258 g/mol. The molecule has 18 heavy (non-hydrogen) atoms. The summed E-state index contributed by atoms with van der Waals surface area (Å²) < 4.78 is 0. The van der Waals surface area contributed by atoms with Gasteiger partial charge in [0, 0.05) is 5.75 Å². The van der Waals surface area contributed by atoms with Crippen molar-refractivity contribution in [3.63, 3.8) is 0 Å². The van der Waals surface area contributed by atoms with E-state index in [2.05, 4.69) is 32.1 Å². The van der Waals surface area contributed by atoms with Gasteiger partial charge in [-0.15, -0.1) is 0 Å². The number of rotatable bonds is 3. The Hall–Kier alpha value is -2.08. The minimum atomic E-state index is -0.257. The zero-order valence-corrected chi connectivity index (χ0v) is 10.2. The summed E-state index contributed by atoms with van der Waals surface area (Å²) in [5, 5.41) is 0.780. The number of aromatic amines is 2. The third kappa shape index (κ3) is 2.14. The molecule has 0 spiro atoms. The van der Waals surface area contributed by atoms with Crippen molar-refractivity contribution in [2.24, 2.45) is 0 Å². The molecule has 0 amide bonds. The van der Waals surface area contributed by atoms with Gasteiger partial charge in [0.2, 0.25) is 0 Å². The maximum Gasteiger partial charge on any atom is 0.325 e. The normalized spacial score (nSPS) is 10.9. The Labute approximate surface area is 107 Å². The van der Waals surface area contributed by atoms with Crippen LogP contribution in [0.3, 0.4) is 0 Å². The van der Waals surface area contributed by atoms with Gasteiger partial charge in [-0.3, -0.25) is 4.98 Å². The standard InChI is InChI=1S/C12H10N4OS/c17-12-15-9-10(16-12)13-7-14-11(9)18-6-8-4-2-1-3-5-8/h1-5,7H,6H2,(H2,13,14,15,16,17). The van der Waals surface area contributed by atoms with Gasteiger partial charge in [0.05, 0.1) is 0 Å². The molecule has 0 aliphatic heterocycles. The molecule has 0 unspecified atom stereocenters. The van der Waals surface area contributed by atoms with Gasteiger partial charge in [0.15, 0.2) is 5.65 Å². The number of thioether (sulfide) groups is 1. The summed E-state index contributed by atoms with van der Waals surface area (Å²) in [6, 6.07) is 10.1. The Morgan fingerprint density at radius 2 is 1.94 bits per heavy atom. The summed E-state index contributed by atoms with van der Waals surface area (Å²) in [5.74, 6) is 0.806. The van der Waals surface area contributed by atoms with Crippen molar-refractivity contribution in [2.75, 3.05) is 0 Å². The number of benzene rings is 1. The number of fused-ring (bicyclic) bond motifs is 1. The maximum atomic E-state index is 11.2. The van der Waals surface area contributed by atoms with Crippen LogP contribution in [-0.2, 0) is 5.75 Å². The molecule has 0 bridgehead atoms. The summed E-state index contributed by atoms with van der Waals surface area (Å²) in [7, 11) is 0. The number of nitrogens with one attached hydrogen (secondary N) is 2. The van der Waals surface area contributed by atoms with E-state index in [4.69, 9.17) is 0 Å². The first-order valence-electron chi connectivity index (χ1n) is 5.42. The predicted molar refractivity (Wildman–Crippen MR) is 70.5 cm³/mol. The zero-order chi connectivity index (χ0) is 12.4. The highest BCUT2D eigenvalue weighted by Gasteiger charge is 2.07. The zero-order valence-electron chi connectivity index (χ0n) is 9.38. The summed E-state index contributed by atoms with van der Waals surface area (Å²) in [6.45, 7) is 0. The van der Waals surface area contributed by atoms with Crippen molar-refractivity contribution in [1.82, 2.24) is 19.9 Å². The Morgan fingerprint density at radius 1 is 1.11 bits per heavy atom. The largest absolute Gasteiger partial charge is 0.325 e. The van der Waals surface area contributed by atoms with Crippen LogP contribution >= 0.6 is 11.8 Å². The predicted octanol–water partition coefficient (Wildman–Crippen LogP) is 1.94. The number of hydrogen-bond donors (Lipinski definition) is 2. The van der Waals surface area contributed by atoms with E-state index in [1.54, 1.807) is 11.8 Å². The van der Waals surface area contributed by atoms with E-state index in [1.165, 1.54) is 11.9 Å². The highest BCUT2D eigenvalue weighted by molar-refractivity contribution is 7.98. The summed E-state index contributed by atoms with van der Waals surface area (Å²) >= 11 is 1.58. The fourth-order valence-electron chi connectivity index (χ4n) is 1.66. The molecule has 0 saturated carbocycles. The second kappa shape index (κ2) is 4.66. The van der Waals surface area contributed by atoms with E-state index in [-0.39, 0.29) is 5.69 Å². The molecule has 0 radical (unpaired) electrons. The molecule has 2 N–H and O–H groups in total. The van der Waals surface area contributed by atoms with Crippen LogP contribution in [0.4, 0.5) is 0 Å². The highest BCUT2D eigenvalue weighted by Crippen LogP contribution is 2.24. The van der Waals surface area contributed by atoms with E-state index in [9.17, 15) is 4.79 Å². The van der Waals surface area contributed by atoms with Crippen LogP contribution in [0, 0.1) is 0 Å². The fraction of sp³-hybridized carbons (Fsp3) is 0.0833. The van der Waals surface area contributed by atoms with Gasteiger partial charge in [-0.1, -0.05) is 42.1 Å². The Kier molecular flexibility index (Phi) is 2.85. The molecule has 3 aromatic rings. The molecular weight excluding hydrogens is 248 g/mol. The Morgan fingerprint density at radius 3 is 2.78 bits per heavy atom. The van der Waals surface area contributed by atoms with Crippen molar-refractivity contribution in [2.45, 2.75) is 10.8 Å². The third-order valence-corrected chi connectivity index (χ3v) is 3.56. The van der Waals surface area contributed by atoms with E-state index in [0.29, 0.717) is 11.2 Å². The smallest absolute Gasteiger partial charge is 0.302 e. The number of H-pyrrole nitrogens is 2. The molecular formula is C12H10N4OS. The van der Waals surface area contributed by atoms with Crippen LogP contribution < -0.4 is 5.69 Å². The Bertz CT molecular complexity index is 720. The molecule has 5 nitrogen and oxygen atoms in total. The first-order valence-corrected chi connectivity index (χ1v) is 6.41. The first-order chi connectivity index (χ1) is 8.83. The molecule has 90 valence electrons. The van der Waals surface area contributed by atoms with Crippen molar-refractivity contribution < 1.29 is 0 Å². The molecule has 0 saturated heterocycles. The van der Waals surface area contributed by atoms with E-state index >= 15 is 0 Å². The molecule has 2 aromatic heterocycles. The molecule has 0 aliphatic carbocycles. The van der Waals surface area contributed by atoms with Crippen LogP contribution in [0.2, 0.25) is 0 Å². The lowest BCUT2D eigenvalue weighted by Crippen LogP contribution is -1.99. The second-order valence-corrected chi connectivity index (χ2v) is 4.72. The van der Waals surface area contributed by atoms with Gasteiger partial charge >= 0.3 is 5.69 Å². The molecule has 0 fully saturated rings. The van der Waals surface area contributed by atoms with Crippen LogP contribution in [0.5, 0.6) is 0 Å². The number of aromatic nitrogens is 4. The Balaban J connectivity index is 1.89. The molecule has 0 atom stereocenters. The summed E-state index contributed by atoms with van der Waals surface area (Å²) in [5.41, 5.74) is 2.17. The van der Waals surface area contributed by atoms with Crippen LogP contribution in [-0.4, -0.2) is 19.9 Å². The third-order valence-electron chi connectivity index (χ3n) is 2.50. The van der Waals surface area contributed by atoms with Gasteiger partial charge in [-0.25, -0.2) is 14.8 Å². The van der Waals surface area contributed by atoms with Gasteiger partial charge in [-0.2, -0.15) is 0 Å². The highest BCUT2D eigenvalue weighted by atomic mass is 32.2. The monoisotopic (exact) mass is 258 g/mol. The van der Waals surface area contributed by atoms with Crippen molar-refractivity contribution in [3.8, 4) is 0 Å². The number of nitrogens with zero attached hydrogens (tertiary/aromatic N) is 2. The van der Waals surface area contributed by atoms with Crippen LogP contribution in [0.25, 0.3) is 11.2 Å². The van der Waals surface area contributed by atoms with Crippen molar-refractivity contribution >= 4 is 22.9 Å². The van der Waals surface area contributed by atoms with E-state index in [0.717, 1.165) is 10.8 Å². The molecule has 2 heterocycles. The maximum absolute atomic E-state index is 11.2.